The Balaban J connectivity index is 1.43. The highest BCUT2D eigenvalue weighted by molar-refractivity contribution is 6.07. The van der Waals surface area contributed by atoms with Crippen LogP contribution in [0.15, 0.2) is 121 Å². The van der Waals surface area contributed by atoms with E-state index in [0.717, 1.165) is 16.7 Å². The third-order valence-electron chi connectivity index (χ3n) is 5.03. The van der Waals surface area contributed by atoms with E-state index in [1.54, 1.807) is 30.4 Å². The van der Waals surface area contributed by atoms with Crippen LogP contribution in [0.1, 0.15) is 21.5 Å². The third-order valence-corrected chi connectivity index (χ3v) is 5.03. The molecule has 0 unspecified atom stereocenters. The summed E-state index contributed by atoms with van der Waals surface area (Å²) < 4.78 is 5.48. The lowest BCUT2D eigenvalue weighted by Crippen LogP contribution is -2.04. The Kier molecular flexibility index (Phi) is 7.04. The zero-order valence-corrected chi connectivity index (χ0v) is 17.9. The van der Waals surface area contributed by atoms with Crippen molar-refractivity contribution >= 4 is 23.9 Å². The van der Waals surface area contributed by atoms with Crippen molar-refractivity contribution in [2.24, 2.45) is 0 Å². The molecule has 4 rings (SSSR count). The predicted octanol–water partition coefficient (Wildman–Crippen LogP) is 6.87. The van der Waals surface area contributed by atoms with E-state index in [9.17, 15) is 9.59 Å². The number of rotatable bonds is 7. The van der Waals surface area contributed by atoms with Gasteiger partial charge in [-0.2, -0.15) is 0 Å². The molecule has 4 aromatic rings. The minimum absolute atomic E-state index is 0.125. The quantitative estimate of drug-likeness (QED) is 0.139. The molecule has 0 aliphatic heterocycles. The highest BCUT2D eigenvalue weighted by atomic mass is 16.5. The first kappa shape index (κ1) is 21.7. The van der Waals surface area contributed by atoms with E-state index in [0.29, 0.717) is 16.9 Å². The standard InChI is InChI=1S/C30H22O3/c31-28(26-18-16-25(17-19-26)24-11-5-2-6-12-24)21-20-27-13-7-8-14-29(27)33-30(32)22-15-23-9-3-1-4-10-23/h1-22H/b21-20+,22-15+. The number of carbonyl (C=O) groups excluding carboxylic acids is 2. The lowest BCUT2D eigenvalue weighted by Gasteiger charge is -2.05. The van der Waals surface area contributed by atoms with E-state index >= 15 is 0 Å². The zero-order valence-electron chi connectivity index (χ0n) is 17.9. The van der Waals surface area contributed by atoms with E-state index in [2.05, 4.69) is 0 Å². The molecule has 0 saturated carbocycles. The van der Waals surface area contributed by atoms with Gasteiger partial charge in [0.2, 0.25) is 0 Å². The number of ketones is 1. The van der Waals surface area contributed by atoms with E-state index in [1.807, 2.05) is 91.0 Å². The Labute approximate surface area is 193 Å². The van der Waals surface area contributed by atoms with Crippen LogP contribution in [-0.2, 0) is 4.79 Å². The third kappa shape index (κ3) is 6.02. The molecule has 0 heterocycles. The second kappa shape index (κ2) is 10.7. The van der Waals surface area contributed by atoms with Crippen LogP contribution in [0.2, 0.25) is 0 Å². The second-order valence-electron chi connectivity index (χ2n) is 7.34. The minimum Gasteiger partial charge on any atom is -0.423 e. The number of benzene rings is 4. The molecule has 0 aliphatic rings. The van der Waals surface area contributed by atoms with Crippen molar-refractivity contribution in [2.75, 3.05) is 0 Å². The molecule has 0 saturated heterocycles. The van der Waals surface area contributed by atoms with Crippen LogP contribution < -0.4 is 4.74 Å². The molecule has 33 heavy (non-hydrogen) atoms. The van der Waals surface area contributed by atoms with Crippen LogP contribution in [0.5, 0.6) is 5.75 Å². The van der Waals surface area contributed by atoms with Gasteiger partial charge in [0.05, 0.1) is 0 Å². The summed E-state index contributed by atoms with van der Waals surface area (Å²) in [6, 6.07) is 34.1. The molecule has 0 radical (unpaired) electrons. The number of carbonyl (C=O) groups is 2. The summed E-state index contributed by atoms with van der Waals surface area (Å²) in [5, 5.41) is 0. The molecule has 0 aromatic heterocycles. The molecule has 0 N–H and O–H groups in total. The predicted molar refractivity (Wildman–Crippen MR) is 133 cm³/mol. The Morgan fingerprint density at radius 2 is 1.18 bits per heavy atom. The van der Waals surface area contributed by atoms with Crippen molar-refractivity contribution in [3.63, 3.8) is 0 Å². The summed E-state index contributed by atoms with van der Waals surface area (Å²) in [4.78, 5) is 24.9. The minimum atomic E-state index is -0.484. The average Bonchev–Trinajstić information content (AvgIpc) is 2.88. The molecule has 0 aliphatic carbocycles. The monoisotopic (exact) mass is 430 g/mol. The SMILES string of the molecule is O=C(/C=C/c1ccccc1)Oc1ccccc1/C=C/C(=O)c1ccc(-c2ccccc2)cc1. The summed E-state index contributed by atoms with van der Waals surface area (Å²) in [6.45, 7) is 0. The molecule has 3 nitrogen and oxygen atoms in total. The van der Waals surface area contributed by atoms with Gasteiger partial charge in [-0.05, 0) is 41.0 Å². The fourth-order valence-electron chi connectivity index (χ4n) is 3.30. The van der Waals surface area contributed by atoms with E-state index < -0.39 is 5.97 Å². The van der Waals surface area contributed by atoms with Gasteiger partial charge in [-0.25, -0.2) is 4.79 Å². The highest BCUT2D eigenvalue weighted by Gasteiger charge is 2.07. The van der Waals surface area contributed by atoms with Crippen molar-refractivity contribution < 1.29 is 14.3 Å². The Morgan fingerprint density at radius 1 is 0.576 bits per heavy atom. The van der Waals surface area contributed by atoms with Crippen LogP contribution in [-0.4, -0.2) is 11.8 Å². The van der Waals surface area contributed by atoms with Crippen LogP contribution in [0.25, 0.3) is 23.3 Å². The molecular formula is C30H22O3. The smallest absolute Gasteiger partial charge is 0.336 e. The Hall–Kier alpha value is -4.50. The van der Waals surface area contributed by atoms with Gasteiger partial charge in [-0.1, -0.05) is 103 Å². The number of para-hydroxylation sites is 1. The van der Waals surface area contributed by atoms with Crippen molar-refractivity contribution in [1.29, 1.82) is 0 Å². The Bertz CT molecular complexity index is 1290. The van der Waals surface area contributed by atoms with Crippen molar-refractivity contribution in [3.05, 3.63) is 138 Å². The van der Waals surface area contributed by atoms with Crippen LogP contribution in [0.4, 0.5) is 0 Å². The summed E-state index contributed by atoms with van der Waals surface area (Å²) in [5.74, 6) is -0.217. The number of esters is 1. The van der Waals surface area contributed by atoms with Crippen molar-refractivity contribution in [2.45, 2.75) is 0 Å². The number of hydrogen-bond donors (Lipinski definition) is 0. The second-order valence-corrected chi connectivity index (χ2v) is 7.34. The maximum atomic E-state index is 12.7. The van der Waals surface area contributed by atoms with Crippen LogP contribution in [0.3, 0.4) is 0 Å². The normalized spacial score (nSPS) is 11.0. The van der Waals surface area contributed by atoms with Gasteiger partial charge >= 0.3 is 5.97 Å². The lowest BCUT2D eigenvalue weighted by atomic mass is 10.0. The maximum Gasteiger partial charge on any atom is 0.336 e. The lowest BCUT2D eigenvalue weighted by molar-refractivity contribution is -0.128. The zero-order chi connectivity index (χ0) is 22.9. The number of hydrogen-bond acceptors (Lipinski definition) is 3. The fraction of sp³-hybridized carbons (Fsp3) is 0. The van der Waals surface area contributed by atoms with Gasteiger partial charge in [0, 0.05) is 17.2 Å². The number of ether oxygens (including phenoxy) is 1. The van der Waals surface area contributed by atoms with Crippen LogP contribution in [0, 0.1) is 0 Å². The molecule has 0 amide bonds. The van der Waals surface area contributed by atoms with E-state index in [4.69, 9.17) is 4.74 Å². The largest absolute Gasteiger partial charge is 0.423 e. The van der Waals surface area contributed by atoms with Gasteiger partial charge < -0.3 is 4.74 Å². The fourth-order valence-corrected chi connectivity index (χ4v) is 3.30. The van der Waals surface area contributed by atoms with Gasteiger partial charge in [0.25, 0.3) is 0 Å². The molecule has 0 spiro atoms. The molecule has 0 bridgehead atoms. The first-order valence-electron chi connectivity index (χ1n) is 10.6. The van der Waals surface area contributed by atoms with Crippen molar-refractivity contribution in [3.8, 4) is 16.9 Å². The van der Waals surface area contributed by atoms with Crippen molar-refractivity contribution in [1.82, 2.24) is 0 Å². The highest BCUT2D eigenvalue weighted by Crippen LogP contribution is 2.22. The molecule has 160 valence electrons. The Morgan fingerprint density at radius 3 is 1.91 bits per heavy atom. The van der Waals surface area contributed by atoms with E-state index in [-0.39, 0.29) is 5.78 Å². The molecule has 4 aromatic carbocycles. The van der Waals surface area contributed by atoms with Gasteiger partial charge in [-0.15, -0.1) is 0 Å². The summed E-state index contributed by atoms with van der Waals surface area (Å²) in [6.07, 6.45) is 6.24. The molecule has 0 atom stereocenters. The topological polar surface area (TPSA) is 43.4 Å². The molecule has 3 heteroatoms. The summed E-state index contributed by atoms with van der Waals surface area (Å²) >= 11 is 0. The average molecular weight is 431 g/mol. The summed E-state index contributed by atoms with van der Waals surface area (Å²) in [7, 11) is 0. The molecular weight excluding hydrogens is 408 g/mol. The van der Waals surface area contributed by atoms with E-state index in [1.165, 1.54) is 12.2 Å². The van der Waals surface area contributed by atoms with Crippen LogP contribution >= 0.6 is 0 Å². The van der Waals surface area contributed by atoms with Gasteiger partial charge in [0.1, 0.15) is 5.75 Å². The summed E-state index contributed by atoms with van der Waals surface area (Å²) in [5.41, 5.74) is 4.30. The number of allylic oxidation sites excluding steroid dienone is 1. The maximum absolute atomic E-state index is 12.7. The first-order chi connectivity index (χ1) is 16.2. The van der Waals surface area contributed by atoms with Gasteiger partial charge in [-0.3, -0.25) is 4.79 Å². The van der Waals surface area contributed by atoms with Gasteiger partial charge in [0.15, 0.2) is 5.78 Å². The molecule has 0 fully saturated rings. The first-order valence-corrected chi connectivity index (χ1v) is 10.6.